The van der Waals surface area contributed by atoms with Crippen molar-refractivity contribution in [3.05, 3.63) is 24.8 Å². The number of imidazole rings is 1. The molecule has 10 heteroatoms. The molecule has 3 rings (SSSR count). The molecule has 136 valence electrons. The van der Waals surface area contributed by atoms with Crippen LogP contribution in [0.1, 0.15) is 19.8 Å². The fourth-order valence-corrected chi connectivity index (χ4v) is 3.13. The quantitative estimate of drug-likeness (QED) is 0.331. The molecule has 0 saturated carbocycles. The molecule has 0 radical (unpaired) electrons. The van der Waals surface area contributed by atoms with Crippen LogP contribution in [0, 0.1) is 0 Å². The third-order valence-corrected chi connectivity index (χ3v) is 4.51. The van der Waals surface area contributed by atoms with Crippen LogP contribution in [-0.2, 0) is 10.5 Å². The highest BCUT2D eigenvalue weighted by atomic mass is 16.6. The fraction of sp³-hybridized carbons (Fsp3) is 0.533. The zero-order valence-corrected chi connectivity index (χ0v) is 13.7. The molecule has 6 N–H and O–H groups in total. The standard InChI is InChI=1S/C15H21N5O5/c1-8(2)3-4-14(15(23,24)11(22)9(5-21)25-14)20-7-19-10-12(16)17-6-18-13(10)20/h6-7,9,11,21-24H,1,3-5H2,2H3,(H2,16,17,18)/t9-,11-,14-/m1/s1. The number of nitrogens with two attached hydrogens (primary N) is 1. The summed E-state index contributed by atoms with van der Waals surface area (Å²) in [5, 5.41) is 41.1. The number of rotatable bonds is 5. The largest absolute Gasteiger partial charge is 0.394 e. The first-order valence-electron chi connectivity index (χ1n) is 7.74. The predicted octanol–water partition coefficient (Wildman–Crippen LogP) is -1.15. The Morgan fingerprint density at radius 3 is 2.72 bits per heavy atom. The van der Waals surface area contributed by atoms with Gasteiger partial charge in [-0.15, -0.1) is 6.58 Å². The molecule has 3 atom stereocenters. The zero-order chi connectivity index (χ0) is 18.4. The highest BCUT2D eigenvalue weighted by Gasteiger charge is 2.66. The van der Waals surface area contributed by atoms with E-state index in [4.69, 9.17) is 10.5 Å². The smallest absolute Gasteiger partial charge is 0.242 e. The topological polar surface area (TPSA) is 160 Å². The molecule has 0 spiro atoms. The van der Waals surface area contributed by atoms with E-state index in [-0.39, 0.29) is 23.4 Å². The van der Waals surface area contributed by atoms with Crippen molar-refractivity contribution in [3.8, 4) is 0 Å². The Kier molecular flexibility index (Phi) is 4.25. The van der Waals surface area contributed by atoms with Crippen LogP contribution in [0.25, 0.3) is 11.2 Å². The summed E-state index contributed by atoms with van der Waals surface area (Å²) < 4.78 is 7.06. The van der Waals surface area contributed by atoms with Crippen molar-refractivity contribution in [2.24, 2.45) is 0 Å². The second-order valence-corrected chi connectivity index (χ2v) is 6.30. The van der Waals surface area contributed by atoms with E-state index in [0.717, 1.165) is 5.57 Å². The molecule has 1 saturated heterocycles. The number of anilines is 1. The summed E-state index contributed by atoms with van der Waals surface area (Å²) in [4.78, 5) is 12.1. The van der Waals surface area contributed by atoms with Gasteiger partial charge in [-0.25, -0.2) is 15.0 Å². The van der Waals surface area contributed by atoms with E-state index in [1.807, 2.05) is 0 Å². The Balaban J connectivity index is 2.21. The monoisotopic (exact) mass is 351 g/mol. The van der Waals surface area contributed by atoms with Crippen LogP contribution in [0.3, 0.4) is 0 Å². The van der Waals surface area contributed by atoms with Crippen molar-refractivity contribution >= 4 is 17.0 Å². The van der Waals surface area contributed by atoms with Crippen molar-refractivity contribution in [3.63, 3.8) is 0 Å². The third-order valence-electron chi connectivity index (χ3n) is 4.51. The van der Waals surface area contributed by atoms with E-state index in [0.29, 0.717) is 6.42 Å². The van der Waals surface area contributed by atoms with Crippen LogP contribution in [0.2, 0.25) is 0 Å². The molecule has 0 bridgehead atoms. The highest BCUT2D eigenvalue weighted by molar-refractivity contribution is 5.81. The van der Waals surface area contributed by atoms with Gasteiger partial charge in [0.05, 0.1) is 12.9 Å². The van der Waals surface area contributed by atoms with E-state index in [1.165, 1.54) is 17.2 Å². The van der Waals surface area contributed by atoms with Crippen LogP contribution in [0.15, 0.2) is 24.8 Å². The van der Waals surface area contributed by atoms with Gasteiger partial charge in [-0.05, 0) is 13.3 Å². The normalized spacial score (nSPS) is 28.5. The predicted molar refractivity (Wildman–Crippen MR) is 86.9 cm³/mol. The molecule has 0 amide bonds. The van der Waals surface area contributed by atoms with Gasteiger partial charge in [0.2, 0.25) is 11.5 Å². The number of aliphatic hydroxyl groups is 4. The lowest BCUT2D eigenvalue weighted by Crippen LogP contribution is -2.57. The van der Waals surface area contributed by atoms with Crippen LogP contribution in [0.4, 0.5) is 5.82 Å². The summed E-state index contributed by atoms with van der Waals surface area (Å²) in [6, 6.07) is 0. The summed E-state index contributed by atoms with van der Waals surface area (Å²) in [7, 11) is 0. The van der Waals surface area contributed by atoms with E-state index in [1.54, 1.807) is 6.92 Å². The van der Waals surface area contributed by atoms with Crippen molar-refractivity contribution in [2.75, 3.05) is 12.3 Å². The molecule has 1 fully saturated rings. The number of fused-ring (bicyclic) bond motifs is 1. The lowest BCUT2D eigenvalue weighted by molar-refractivity contribution is -0.302. The molecule has 0 aliphatic carbocycles. The number of allylic oxidation sites excluding steroid dienone is 1. The summed E-state index contributed by atoms with van der Waals surface area (Å²) in [6.07, 6.45) is -0.00204. The van der Waals surface area contributed by atoms with Gasteiger partial charge in [-0.1, -0.05) is 5.57 Å². The molecule has 0 aromatic carbocycles. The Hall–Kier alpha value is -2.11. The number of nitrogens with zero attached hydrogens (tertiary/aromatic N) is 4. The average molecular weight is 351 g/mol. The van der Waals surface area contributed by atoms with Gasteiger partial charge < -0.3 is 30.9 Å². The number of aromatic nitrogens is 4. The van der Waals surface area contributed by atoms with Gasteiger partial charge in [0.25, 0.3) is 0 Å². The molecule has 2 aromatic rings. The van der Waals surface area contributed by atoms with Gasteiger partial charge in [0.1, 0.15) is 24.1 Å². The molecule has 10 nitrogen and oxygen atoms in total. The first-order valence-corrected chi connectivity index (χ1v) is 7.74. The maximum atomic E-state index is 10.7. The minimum Gasteiger partial charge on any atom is -0.394 e. The first kappa shape index (κ1) is 17.7. The fourth-order valence-electron chi connectivity index (χ4n) is 3.13. The van der Waals surface area contributed by atoms with Crippen LogP contribution in [-0.4, -0.2) is 64.5 Å². The number of aliphatic hydroxyl groups excluding tert-OH is 2. The van der Waals surface area contributed by atoms with Crippen LogP contribution < -0.4 is 5.73 Å². The number of ether oxygens (including phenoxy) is 1. The summed E-state index contributed by atoms with van der Waals surface area (Å²) in [5.41, 5.74) is 5.20. The van der Waals surface area contributed by atoms with Crippen LogP contribution in [0.5, 0.6) is 0 Å². The Bertz CT molecular complexity index is 807. The van der Waals surface area contributed by atoms with Gasteiger partial charge >= 0.3 is 0 Å². The molecule has 3 heterocycles. The van der Waals surface area contributed by atoms with Crippen molar-refractivity contribution in [1.29, 1.82) is 0 Å². The lowest BCUT2D eigenvalue weighted by atomic mass is 9.92. The number of nitrogen functional groups attached to an aromatic ring is 1. The molecule has 0 unspecified atom stereocenters. The Morgan fingerprint density at radius 2 is 2.12 bits per heavy atom. The van der Waals surface area contributed by atoms with Gasteiger partial charge in [0, 0.05) is 6.42 Å². The molecular weight excluding hydrogens is 330 g/mol. The third kappa shape index (κ3) is 2.50. The van der Waals surface area contributed by atoms with E-state index in [9.17, 15) is 20.4 Å². The van der Waals surface area contributed by atoms with E-state index in [2.05, 4.69) is 21.5 Å². The van der Waals surface area contributed by atoms with Gasteiger partial charge in [-0.2, -0.15) is 0 Å². The zero-order valence-electron chi connectivity index (χ0n) is 13.7. The molecule has 25 heavy (non-hydrogen) atoms. The average Bonchev–Trinajstić information content (AvgIpc) is 3.07. The summed E-state index contributed by atoms with van der Waals surface area (Å²) in [6.45, 7) is 5.00. The van der Waals surface area contributed by atoms with Gasteiger partial charge in [-0.3, -0.25) is 4.57 Å². The highest BCUT2D eigenvalue weighted by Crippen LogP contribution is 2.46. The molecule has 2 aromatic heterocycles. The second-order valence-electron chi connectivity index (χ2n) is 6.30. The maximum absolute atomic E-state index is 10.7. The summed E-state index contributed by atoms with van der Waals surface area (Å²) >= 11 is 0. The minimum atomic E-state index is -2.71. The Morgan fingerprint density at radius 1 is 1.40 bits per heavy atom. The SMILES string of the molecule is C=C(C)CC[C@@]1(n2cnc3c(N)ncnc32)O[C@H](CO)[C@@H](O)C1(O)O. The minimum absolute atomic E-state index is 0.0538. The van der Waals surface area contributed by atoms with E-state index < -0.39 is 30.3 Å². The number of hydrogen-bond acceptors (Lipinski definition) is 9. The van der Waals surface area contributed by atoms with Crippen LogP contribution >= 0.6 is 0 Å². The second kappa shape index (κ2) is 6.00. The maximum Gasteiger partial charge on any atom is 0.242 e. The van der Waals surface area contributed by atoms with Crippen molar-refractivity contribution in [1.82, 2.24) is 19.5 Å². The van der Waals surface area contributed by atoms with E-state index >= 15 is 0 Å². The Labute approximate surface area is 143 Å². The first-order chi connectivity index (χ1) is 11.7. The van der Waals surface area contributed by atoms with Crippen molar-refractivity contribution in [2.45, 2.75) is 43.5 Å². The van der Waals surface area contributed by atoms with Gasteiger partial charge in [0.15, 0.2) is 11.5 Å². The lowest BCUT2D eigenvalue weighted by Gasteiger charge is -2.39. The van der Waals surface area contributed by atoms with Crippen molar-refractivity contribution < 1.29 is 25.2 Å². The summed E-state index contributed by atoms with van der Waals surface area (Å²) in [5.74, 6) is -2.58. The molecule has 1 aliphatic rings. The number of hydrogen-bond donors (Lipinski definition) is 5. The molecular formula is C15H21N5O5. The molecule has 1 aliphatic heterocycles.